The Morgan fingerprint density at radius 2 is 2.00 bits per heavy atom. The van der Waals surface area contributed by atoms with E-state index in [1.165, 1.54) is 15.7 Å². The number of terminal acetylenes is 1. The smallest absolute Gasteiger partial charge is 0.0574 e. The van der Waals surface area contributed by atoms with Gasteiger partial charge in [0, 0.05) is 16.7 Å². The van der Waals surface area contributed by atoms with Gasteiger partial charge in [-0.25, -0.2) is 0 Å². The average molecular weight is 255 g/mol. The van der Waals surface area contributed by atoms with Crippen molar-refractivity contribution in [3.63, 3.8) is 0 Å². The van der Waals surface area contributed by atoms with Crippen LogP contribution in [0.1, 0.15) is 6.92 Å². The standard InChI is InChI=1S/C16H17NS/c1-3-10-17-12-13(2)18-16-9-8-14-6-4-5-7-15(14)11-16/h1,4-9,11,13,17H,10,12H2,2H3. The van der Waals surface area contributed by atoms with Crippen LogP contribution < -0.4 is 5.32 Å². The highest BCUT2D eigenvalue weighted by Crippen LogP contribution is 2.26. The molecule has 0 radical (unpaired) electrons. The molecule has 2 aromatic carbocycles. The van der Waals surface area contributed by atoms with Crippen LogP contribution in [0.3, 0.4) is 0 Å². The summed E-state index contributed by atoms with van der Waals surface area (Å²) in [7, 11) is 0. The Kier molecular flexibility index (Phi) is 4.69. The Labute approximate surface area is 113 Å². The summed E-state index contributed by atoms with van der Waals surface area (Å²) >= 11 is 1.88. The van der Waals surface area contributed by atoms with Crippen molar-refractivity contribution in [3.8, 4) is 12.3 Å². The maximum Gasteiger partial charge on any atom is 0.0574 e. The molecule has 0 heterocycles. The molecule has 0 amide bonds. The lowest BCUT2D eigenvalue weighted by Gasteiger charge is -2.11. The second-order valence-electron chi connectivity index (χ2n) is 4.27. The van der Waals surface area contributed by atoms with Gasteiger partial charge in [-0.15, -0.1) is 18.2 Å². The first kappa shape index (κ1) is 13.0. The summed E-state index contributed by atoms with van der Waals surface area (Å²) in [4.78, 5) is 1.31. The van der Waals surface area contributed by atoms with Crippen molar-refractivity contribution in [2.75, 3.05) is 13.1 Å². The van der Waals surface area contributed by atoms with E-state index in [0.717, 1.165) is 6.54 Å². The van der Waals surface area contributed by atoms with E-state index in [9.17, 15) is 0 Å². The quantitative estimate of drug-likeness (QED) is 0.498. The van der Waals surface area contributed by atoms with Crippen molar-refractivity contribution >= 4 is 22.5 Å². The van der Waals surface area contributed by atoms with E-state index in [1.54, 1.807) is 0 Å². The maximum absolute atomic E-state index is 5.21. The van der Waals surface area contributed by atoms with Gasteiger partial charge in [0.05, 0.1) is 6.54 Å². The topological polar surface area (TPSA) is 12.0 Å². The predicted octanol–water partition coefficient (Wildman–Crippen LogP) is 3.54. The van der Waals surface area contributed by atoms with Crippen LogP contribution in [0.15, 0.2) is 47.4 Å². The van der Waals surface area contributed by atoms with Crippen molar-refractivity contribution in [3.05, 3.63) is 42.5 Å². The minimum absolute atomic E-state index is 0.513. The molecule has 0 spiro atoms. The number of thioether (sulfide) groups is 1. The van der Waals surface area contributed by atoms with Crippen molar-refractivity contribution in [2.24, 2.45) is 0 Å². The van der Waals surface area contributed by atoms with Gasteiger partial charge in [0.2, 0.25) is 0 Å². The summed E-state index contributed by atoms with van der Waals surface area (Å²) in [5.74, 6) is 2.59. The molecule has 1 nitrogen and oxygen atoms in total. The average Bonchev–Trinajstić information content (AvgIpc) is 2.39. The second kappa shape index (κ2) is 6.49. The van der Waals surface area contributed by atoms with Gasteiger partial charge < -0.3 is 5.32 Å². The minimum Gasteiger partial charge on any atom is -0.305 e. The lowest BCUT2D eigenvalue weighted by molar-refractivity contribution is 0.748. The molecule has 0 aliphatic heterocycles. The Balaban J connectivity index is 2.01. The molecule has 0 aromatic heterocycles. The fraction of sp³-hybridized carbons (Fsp3) is 0.250. The maximum atomic E-state index is 5.21. The third-order valence-corrected chi connectivity index (χ3v) is 3.81. The third kappa shape index (κ3) is 3.53. The zero-order chi connectivity index (χ0) is 12.8. The van der Waals surface area contributed by atoms with Crippen LogP contribution in [0.25, 0.3) is 10.8 Å². The van der Waals surface area contributed by atoms with Crippen LogP contribution in [-0.4, -0.2) is 18.3 Å². The van der Waals surface area contributed by atoms with Gasteiger partial charge in [-0.05, 0) is 22.9 Å². The van der Waals surface area contributed by atoms with Gasteiger partial charge in [0.25, 0.3) is 0 Å². The highest BCUT2D eigenvalue weighted by molar-refractivity contribution is 8.00. The Bertz CT molecular complexity index is 556. The fourth-order valence-electron chi connectivity index (χ4n) is 1.86. The van der Waals surface area contributed by atoms with Crippen molar-refractivity contribution < 1.29 is 0 Å². The first-order chi connectivity index (χ1) is 8.79. The van der Waals surface area contributed by atoms with Crippen molar-refractivity contribution in [1.29, 1.82) is 0 Å². The third-order valence-electron chi connectivity index (χ3n) is 2.72. The Hall–Kier alpha value is -1.43. The summed E-state index contributed by atoms with van der Waals surface area (Å²) in [6.45, 7) is 3.79. The summed E-state index contributed by atoms with van der Waals surface area (Å²) in [6, 6.07) is 15.1. The Morgan fingerprint density at radius 1 is 1.22 bits per heavy atom. The van der Waals surface area contributed by atoms with E-state index >= 15 is 0 Å². The summed E-state index contributed by atoms with van der Waals surface area (Å²) in [5.41, 5.74) is 0. The number of hydrogen-bond donors (Lipinski definition) is 1. The second-order valence-corrected chi connectivity index (χ2v) is 5.78. The summed E-state index contributed by atoms with van der Waals surface area (Å²) in [5, 5.41) is 6.34. The molecule has 18 heavy (non-hydrogen) atoms. The number of benzene rings is 2. The molecule has 0 bridgehead atoms. The molecule has 1 unspecified atom stereocenters. The molecule has 0 saturated heterocycles. The zero-order valence-corrected chi connectivity index (χ0v) is 11.3. The van der Waals surface area contributed by atoms with Crippen LogP contribution in [0.2, 0.25) is 0 Å². The van der Waals surface area contributed by atoms with Gasteiger partial charge in [0.1, 0.15) is 0 Å². The van der Waals surface area contributed by atoms with Gasteiger partial charge >= 0.3 is 0 Å². The Morgan fingerprint density at radius 3 is 2.78 bits per heavy atom. The van der Waals surface area contributed by atoms with E-state index in [4.69, 9.17) is 6.42 Å². The molecule has 1 N–H and O–H groups in total. The first-order valence-corrected chi connectivity index (χ1v) is 6.97. The van der Waals surface area contributed by atoms with Gasteiger partial charge in [-0.3, -0.25) is 0 Å². The summed E-state index contributed by atoms with van der Waals surface area (Å²) in [6.07, 6.45) is 5.21. The van der Waals surface area contributed by atoms with Gasteiger partial charge in [0.15, 0.2) is 0 Å². The number of nitrogens with one attached hydrogen (secondary N) is 1. The molecule has 2 heteroatoms. The van der Waals surface area contributed by atoms with Crippen LogP contribution >= 0.6 is 11.8 Å². The van der Waals surface area contributed by atoms with E-state index in [2.05, 4.69) is 60.6 Å². The van der Waals surface area contributed by atoms with E-state index in [0.29, 0.717) is 11.8 Å². The van der Waals surface area contributed by atoms with Crippen molar-refractivity contribution in [1.82, 2.24) is 5.32 Å². The molecule has 0 aliphatic carbocycles. The number of rotatable bonds is 5. The molecule has 2 aromatic rings. The molecular weight excluding hydrogens is 238 g/mol. The van der Waals surface area contributed by atoms with E-state index < -0.39 is 0 Å². The predicted molar refractivity (Wildman–Crippen MR) is 81.0 cm³/mol. The van der Waals surface area contributed by atoms with E-state index in [1.807, 2.05) is 11.8 Å². The number of fused-ring (bicyclic) bond motifs is 1. The SMILES string of the molecule is C#CCNCC(C)Sc1ccc2ccccc2c1. The highest BCUT2D eigenvalue weighted by Gasteiger charge is 2.04. The fourth-order valence-corrected chi connectivity index (χ4v) is 2.87. The van der Waals surface area contributed by atoms with Crippen molar-refractivity contribution in [2.45, 2.75) is 17.1 Å². The van der Waals surface area contributed by atoms with E-state index in [-0.39, 0.29) is 0 Å². The lowest BCUT2D eigenvalue weighted by Crippen LogP contribution is -2.22. The number of hydrogen-bond acceptors (Lipinski definition) is 2. The largest absolute Gasteiger partial charge is 0.305 e. The summed E-state index contributed by atoms with van der Waals surface area (Å²) < 4.78 is 0. The van der Waals surface area contributed by atoms with Gasteiger partial charge in [-0.1, -0.05) is 43.2 Å². The molecule has 1 atom stereocenters. The minimum atomic E-state index is 0.513. The first-order valence-electron chi connectivity index (χ1n) is 6.09. The molecule has 0 saturated carbocycles. The molecular formula is C16H17NS. The molecule has 0 fully saturated rings. The van der Waals surface area contributed by atoms with Crippen LogP contribution in [0.5, 0.6) is 0 Å². The molecule has 92 valence electrons. The molecule has 2 rings (SSSR count). The van der Waals surface area contributed by atoms with Crippen LogP contribution in [0, 0.1) is 12.3 Å². The monoisotopic (exact) mass is 255 g/mol. The normalized spacial score (nSPS) is 12.2. The highest BCUT2D eigenvalue weighted by atomic mass is 32.2. The van der Waals surface area contributed by atoms with Crippen LogP contribution in [0.4, 0.5) is 0 Å². The van der Waals surface area contributed by atoms with Gasteiger partial charge in [-0.2, -0.15) is 0 Å². The lowest BCUT2D eigenvalue weighted by atomic mass is 10.1. The van der Waals surface area contributed by atoms with Crippen LogP contribution in [-0.2, 0) is 0 Å². The zero-order valence-electron chi connectivity index (χ0n) is 10.5. The molecule has 0 aliphatic rings.